The largest absolute Gasteiger partial charge is 0.491 e. The molecule has 5 heteroatoms. The lowest BCUT2D eigenvalue weighted by Crippen LogP contribution is -2.20. The SMILES string of the molecule is C#CCOc1ccc(C(C)(C)c2ccc(OC[C@H](O)CCl)cc2)cc1.S. The molecule has 0 aliphatic heterocycles. The van der Waals surface area contributed by atoms with Crippen LogP contribution in [0.25, 0.3) is 0 Å². The zero-order valence-electron chi connectivity index (χ0n) is 15.0. The standard InChI is InChI=1S/C21H23ClO3.H2S/c1-4-13-24-19-9-5-16(6-10-19)21(2,3)17-7-11-20(12-8-17)25-15-18(23)14-22;/h1,5-12,18,23H,13-15H2,2-3H3;1H2/t18-;/m1./s1. The lowest BCUT2D eigenvalue weighted by molar-refractivity contribution is 0.125. The van der Waals surface area contributed by atoms with Crippen molar-refractivity contribution in [1.29, 1.82) is 0 Å². The van der Waals surface area contributed by atoms with Crippen molar-refractivity contribution >= 4 is 25.1 Å². The predicted octanol–water partition coefficient (Wildman–Crippen LogP) is 4.12. The minimum absolute atomic E-state index is 0. The van der Waals surface area contributed by atoms with Gasteiger partial charge >= 0.3 is 0 Å². The molecule has 0 saturated carbocycles. The highest BCUT2D eigenvalue weighted by molar-refractivity contribution is 7.59. The highest BCUT2D eigenvalue weighted by atomic mass is 35.5. The number of ether oxygens (including phenoxy) is 2. The van der Waals surface area contributed by atoms with Crippen molar-refractivity contribution in [3.05, 3.63) is 59.7 Å². The Morgan fingerprint density at radius 1 is 1.00 bits per heavy atom. The molecule has 2 aromatic rings. The van der Waals surface area contributed by atoms with E-state index in [1.807, 2.05) is 48.5 Å². The molecule has 0 spiro atoms. The van der Waals surface area contributed by atoms with Crippen LogP contribution in [0.2, 0.25) is 0 Å². The lowest BCUT2D eigenvalue weighted by Gasteiger charge is -2.26. The minimum Gasteiger partial charge on any atom is -0.491 e. The maximum Gasteiger partial charge on any atom is 0.148 e. The molecule has 0 fully saturated rings. The third-order valence-electron chi connectivity index (χ3n) is 4.09. The zero-order chi connectivity index (χ0) is 18.3. The molecular formula is C21H25ClO3S. The van der Waals surface area contributed by atoms with Gasteiger partial charge in [-0.15, -0.1) is 18.0 Å². The Labute approximate surface area is 167 Å². The molecule has 140 valence electrons. The fourth-order valence-electron chi connectivity index (χ4n) is 2.46. The Balaban J connectivity index is 0.00000338. The first kappa shape index (κ1) is 22.2. The first-order valence-corrected chi connectivity index (χ1v) is 8.65. The topological polar surface area (TPSA) is 38.7 Å². The van der Waals surface area contributed by atoms with Crippen LogP contribution in [0.15, 0.2) is 48.5 Å². The summed E-state index contributed by atoms with van der Waals surface area (Å²) >= 11 is 5.56. The summed E-state index contributed by atoms with van der Waals surface area (Å²) in [7, 11) is 0. The number of benzene rings is 2. The highest BCUT2D eigenvalue weighted by Gasteiger charge is 2.23. The third-order valence-corrected chi connectivity index (χ3v) is 4.45. The fourth-order valence-corrected chi connectivity index (χ4v) is 2.55. The van der Waals surface area contributed by atoms with Gasteiger partial charge in [0.05, 0.1) is 5.88 Å². The zero-order valence-corrected chi connectivity index (χ0v) is 16.8. The van der Waals surface area contributed by atoms with E-state index < -0.39 is 6.10 Å². The van der Waals surface area contributed by atoms with E-state index in [2.05, 4.69) is 19.8 Å². The van der Waals surface area contributed by atoms with Crippen molar-refractivity contribution in [2.24, 2.45) is 0 Å². The molecule has 1 atom stereocenters. The van der Waals surface area contributed by atoms with Crippen LogP contribution in [0.1, 0.15) is 25.0 Å². The first-order valence-electron chi connectivity index (χ1n) is 8.11. The maximum atomic E-state index is 9.45. The van der Waals surface area contributed by atoms with Crippen LogP contribution in [0.4, 0.5) is 0 Å². The number of alkyl halides is 1. The second kappa shape index (κ2) is 10.4. The summed E-state index contributed by atoms with van der Waals surface area (Å²) in [5, 5.41) is 9.45. The summed E-state index contributed by atoms with van der Waals surface area (Å²) in [6, 6.07) is 15.8. The molecule has 0 aliphatic carbocycles. The Bertz CT molecular complexity index is 706. The Morgan fingerprint density at radius 3 is 1.88 bits per heavy atom. The normalized spacial score (nSPS) is 11.8. The molecule has 0 heterocycles. The summed E-state index contributed by atoms with van der Waals surface area (Å²) in [4.78, 5) is 0. The van der Waals surface area contributed by atoms with Crippen molar-refractivity contribution in [3.8, 4) is 23.8 Å². The van der Waals surface area contributed by atoms with Crippen LogP contribution in [0, 0.1) is 12.3 Å². The molecule has 0 aromatic heterocycles. The molecule has 0 bridgehead atoms. The summed E-state index contributed by atoms with van der Waals surface area (Å²) in [6.45, 7) is 4.78. The highest BCUT2D eigenvalue weighted by Crippen LogP contribution is 2.33. The van der Waals surface area contributed by atoms with E-state index in [4.69, 9.17) is 27.5 Å². The van der Waals surface area contributed by atoms with Gasteiger partial charge in [0.15, 0.2) is 0 Å². The molecular weight excluding hydrogens is 368 g/mol. The summed E-state index contributed by atoms with van der Waals surface area (Å²) < 4.78 is 10.9. The van der Waals surface area contributed by atoms with Crippen LogP contribution in [0.3, 0.4) is 0 Å². The molecule has 0 aliphatic rings. The average Bonchev–Trinajstić information content (AvgIpc) is 2.65. The lowest BCUT2D eigenvalue weighted by atomic mass is 9.78. The summed E-state index contributed by atoms with van der Waals surface area (Å²) in [5.41, 5.74) is 2.17. The molecule has 0 unspecified atom stereocenters. The fraction of sp³-hybridized carbons (Fsp3) is 0.333. The van der Waals surface area contributed by atoms with Crippen molar-refractivity contribution in [1.82, 2.24) is 0 Å². The Kier molecular flexibility index (Phi) is 8.87. The first-order chi connectivity index (χ1) is 12.0. The van der Waals surface area contributed by atoms with Gasteiger partial charge in [-0.2, -0.15) is 13.5 Å². The average molecular weight is 393 g/mol. The van der Waals surface area contributed by atoms with Gasteiger partial charge in [-0.1, -0.05) is 44.0 Å². The number of rotatable bonds is 8. The third kappa shape index (κ3) is 5.88. The van der Waals surface area contributed by atoms with Gasteiger partial charge in [0.2, 0.25) is 0 Å². The second-order valence-corrected chi connectivity index (χ2v) is 6.59. The monoisotopic (exact) mass is 392 g/mol. The van der Waals surface area contributed by atoms with E-state index in [0.717, 1.165) is 11.3 Å². The van der Waals surface area contributed by atoms with Gasteiger partial charge in [-0.3, -0.25) is 0 Å². The van der Waals surface area contributed by atoms with Crippen molar-refractivity contribution < 1.29 is 14.6 Å². The van der Waals surface area contributed by atoms with Gasteiger partial charge < -0.3 is 14.6 Å². The molecule has 0 saturated heterocycles. The molecule has 0 radical (unpaired) electrons. The second-order valence-electron chi connectivity index (χ2n) is 6.29. The van der Waals surface area contributed by atoms with Crippen LogP contribution in [0.5, 0.6) is 11.5 Å². The van der Waals surface area contributed by atoms with Crippen LogP contribution >= 0.6 is 25.1 Å². The van der Waals surface area contributed by atoms with Gasteiger partial charge in [0, 0.05) is 5.41 Å². The van der Waals surface area contributed by atoms with E-state index in [1.165, 1.54) is 5.56 Å². The smallest absolute Gasteiger partial charge is 0.148 e. The number of halogens is 1. The van der Waals surface area contributed by atoms with Crippen LogP contribution in [-0.2, 0) is 5.41 Å². The number of hydrogen-bond donors (Lipinski definition) is 1. The molecule has 2 aromatic carbocycles. The quantitative estimate of drug-likeness (QED) is 0.542. The maximum absolute atomic E-state index is 9.45. The Morgan fingerprint density at radius 2 is 1.46 bits per heavy atom. The van der Waals surface area contributed by atoms with Crippen molar-refractivity contribution in [2.75, 3.05) is 19.1 Å². The number of terminal acetylenes is 1. The van der Waals surface area contributed by atoms with Crippen molar-refractivity contribution in [2.45, 2.75) is 25.4 Å². The van der Waals surface area contributed by atoms with E-state index in [1.54, 1.807) is 0 Å². The molecule has 0 amide bonds. The predicted molar refractivity (Wildman–Crippen MR) is 112 cm³/mol. The van der Waals surface area contributed by atoms with Crippen LogP contribution in [-0.4, -0.2) is 30.3 Å². The summed E-state index contributed by atoms with van der Waals surface area (Å²) in [6.07, 6.45) is 4.54. The molecule has 26 heavy (non-hydrogen) atoms. The molecule has 1 N–H and O–H groups in total. The number of aliphatic hydroxyl groups is 1. The van der Waals surface area contributed by atoms with Gasteiger partial charge in [0.25, 0.3) is 0 Å². The van der Waals surface area contributed by atoms with E-state index in [9.17, 15) is 5.11 Å². The van der Waals surface area contributed by atoms with Crippen molar-refractivity contribution in [3.63, 3.8) is 0 Å². The van der Waals surface area contributed by atoms with Gasteiger partial charge in [-0.05, 0) is 35.4 Å². The number of hydrogen-bond acceptors (Lipinski definition) is 3. The number of aliphatic hydroxyl groups excluding tert-OH is 1. The van der Waals surface area contributed by atoms with Gasteiger partial charge in [0.1, 0.15) is 30.8 Å². The molecule has 2 rings (SSSR count). The van der Waals surface area contributed by atoms with E-state index >= 15 is 0 Å². The minimum atomic E-state index is -0.659. The molecule has 3 nitrogen and oxygen atoms in total. The van der Waals surface area contributed by atoms with Gasteiger partial charge in [-0.25, -0.2) is 0 Å². The van der Waals surface area contributed by atoms with E-state index in [-0.39, 0.29) is 38.0 Å². The van der Waals surface area contributed by atoms with E-state index in [0.29, 0.717) is 5.75 Å². The van der Waals surface area contributed by atoms with Crippen LogP contribution < -0.4 is 9.47 Å². The Hall–Kier alpha value is -1.80. The summed E-state index contributed by atoms with van der Waals surface area (Å²) in [5.74, 6) is 4.09.